The number of carbonyl (C=O) groups is 1. The van der Waals surface area contributed by atoms with Crippen LogP contribution in [0.1, 0.15) is 15.9 Å². The molecule has 0 aliphatic heterocycles. The molecule has 0 saturated carbocycles. The maximum atomic E-state index is 13.6. The minimum atomic E-state index is -1.66. The van der Waals surface area contributed by atoms with Gasteiger partial charge in [0.1, 0.15) is 5.82 Å². The van der Waals surface area contributed by atoms with E-state index in [2.05, 4.69) is 0 Å². The predicted molar refractivity (Wildman–Crippen MR) is 65.8 cm³/mol. The van der Waals surface area contributed by atoms with Gasteiger partial charge in [-0.15, -0.1) is 0 Å². The smallest absolute Gasteiger partial charge is 0.194 e. The summed E-state index contributed by atoms with van der Waals surface area (Å²) >= 11 is 5.56. The third-order valence-electron chi connectivity index (χ3n) is 2.69. The van der Waals surface area contributed by atoms with Crippen molar-refractivity contribution in [2.45, 2.75) is 6.42 Å². The minimum absolute atomic E-state index is 0.00681. The second-order valence-corrected chi connectivity index (χ2v) is 4.47. The molecule has 6 heteroatoms. The molecule has 104 valence electrons. The van der Waals surface area contributed by atoms with Crippen molar-refractivity contribution >= 4 is 17.4 Å². The number of benzene rings is 2. The lowest BCUT2D eigenvalue weighted by Crippen LogP contribution is -2.07. The van der Waals surface area contributed by atoms with Gasteiger partial charge in [-0.25, -0.2) is 17.6 Å². The molecule has 20 heavy (non-hydrogen) atoms. The van der Waals surface area contributed by atoms with Gasteiger partial charge in [-0.1, -0.05) is 23.7 Å². The lowest BCUT2D eigenvalue weighted by molar-refractivity contribution is 0.0990. The zero-order valence-corrected chi connectivity index (χ0v) is 10.6. The zero-order valence-electron chi connectivity index (χ0n) is 9.89. The van der Waals surface area contributed by atoms with Crippen LogP contribution in [0.4, 0.5) is 17.6 Å². The fourth-order valence-corrected chi connectivity index (χ4v) is 1.87. The molecule has 0 atom stereocenters. The Morgan fingerprint density at radius 1 is 1.00 bits per heavy atom. The van der Waals surface area contributed by atoms with Crippen LogP contribution in [0.15, 0.2) is 30.3 Å². The van der Waals surface area contributed by atoms with E-state index in [1.165, 1.54) is 18.2 Å². The van der Waals surface area contributed by atoms with Gasteiger partial charge in [-0.3, -0.25) is 4.79 Å². The fraction of sp³-hybridized carbons (Fsp3) is 0.0714. The largest absolute Gasteiger partial charge is 0.294 e. The van der Waals surface area contributed by atoms with Crippen molar-refractivity contribution in [1.29, 1.82) is 0 Å². The highest BCUT2D eigenvalue weighted by molar-refractivity contribution is 6.30. The van der Waals surface area contributed by atoms with Gasteiger partial charge in [0.25, 0.3) is 0 Å². The lowest BCUT2D eigenvalue weighted by atomic mass is 10.0. The van der Waals surface area contributed by atoms with E-state index in [9.17, 15) is 22.4 Å². The third-order valence-corrected chi connectivity index (χ3v) is 2.98. The van der Waals surface area contributed by atoms with Crippen molar-refractivity contribution in [3.05, 3.63) is 69.8 Å². The summed E-state index contributed by atoms with van der Waals surface area (Å²) in [5.41, 5.74) is -0.381. The molecule has 0 N–H and O–H groups in total. The van der Waals surface area contributed by atoms with Crippen LogP contribution in [0.5, 0.6) is 0 Å². The van der Waals surface area contributed by atoms with E-state index >= 15 is 0 Å². The molecule has 0 amide bonds. The lowest BCUT2D eigenvalue weighted by Gasteiger charge is -2.05. The Morgan fingerprint density at radius 3 is 2.20 bits per heavy atom. The van der Waals surface area contributed by atoms with Crippen LogP contribution in [0.25, 0.3) is 0 Å². The highest BCUT2D eigenvalue weighted by Crippen LogP contribution is 2.20. The Kier molecular flexibility index (Phi) is 4.09. The normalized spacial score (nSPS) is 10.7. The Bertz CT molecular complexity index is 662. The molecule has 0 heterocycles. The molecule has 2 aromatic carbocycles. The molecule has 0 aliphatic carbocycles. The first-order chi connectivity index (χ1) is 9.40. The highest BCUT2D eigenvalue weighted by Gasteiger charge is 2.17. The molecule has 0 radical (unpaired) electrons. The summed E-state index contributed by atoms with van der Waals surface area (Å²) in [7, 11) is 0. The van der Waals surface area contributed by atoms with Crippen molar-refractivity contribution in [2.24, 2.45) is 0 Å². The summed E-state index contributed by atoms with van der Waals surface area (Å²) in [6.45, 7) is 0. The fourth-order valence-electron chi connectivity index (χ4n) is 1.68. The Morgan fingerprint density at radius 2 is 1.60 bits per heavy atom. The van der Waals surface area contributed by atoms with Crippen LogP contribution in [0, 0.1) is 23.3 Å². The molecule has 2 aromatic rings. The number of carbonyl (C=O) groups excluding carboxylic acids is 1. The van der Waals surface area contributed by atoms with E-state index < -0.39 is 35.5 Å². The first-order valence-electron chi connectivity index (χ1n) is 5.50. The standard InChI is InChI=1S/C14H7ClF4O/c15-9-3-1-2-7(13(9)18)6-12(20)8-4-10(16)14(19)11(17)5-8/h1-5H,6H2. The van der Waals surface area contributed by atoms with Gasteiger partial charge < -0.3 is 0 Å². The van der Waals surface area contributed by atoms with Gasteiger partial charge in [0.15, 0.2) is 23.2 Å². The topological polar surface area (TPSA) is 17.1 Å². The van der Waals surface area contributed by atoms with Crippen LogP contribution in [0.3, 0.4) is 0 Å². The van der Waals surface area contributed by atoms with Gasteiger partial charge in [0.05, 0.1) is 5.02 Å². The van der Waals surface area contributed by atoms with Gasteiger partial charge in [0, 0.05) is 12.0 Å². The Hall–Kier alpha value is -1.88. The quantitative estimate of drug-likeness (QED) is 0.469. The molecular weight excluding hydrogens is 296 g/mol. The second-order valence-electron chi connectivity index (χ2n) is 4.07. The number of hydrogen-bond donors (Lipinski definition) is 0. The summed E-state index contributed by atoms with van der Waals surface area (Å²) in [5.74, 6) is -6.12. The maximum Gasteiger partial charge on any atom is 0.194 e. The summed E-state index contributed by atoms with van der Waals surface area (Å²) in [4.78, 5) is 11.8. The van der Waals surface area contributed by atoms with Crippen LogP contribution in [-0.2, 0) is 6.42 Å². The number of hydrogen-bond acceptors (Lipinski definition) is 1. The first-order valence-corrected chi connectivity index (χ1v) is 5.88. The second kappa shape index (κ2) is 5.63. The van der Waals surface area contributed by atoms with Crippen LogP contribution in [-0.4, -0.2) is 5.78 Å². The maximum absolute atomic E-state index is 13.6. The van der Waals surface area contributed by atoms with E-state index in [0.717, 1.165) is 0 Å². The average Bonchev–Trinajstić information content (AvgIpc) is 2.40. The van der Waals surface area contributed by atoms with E-state index in [0.29, 0.717) is 12.1 Å². The Labute approximate surface area is 116 Å². The van der Waals surface area contributed by atoms with E-state index in [-0.39, 0.29) is 16.1 Å². The van der Waals surface area contributed by atoms with Gasteiger partial charge in [0.2, 0.25) is 0 Å². The molecular formula is C14H7ClF4O. The van der Waals surface area contributed by atoms with Crippen molar-refractivity contribution in [3.63, 3.8) is 0 Å². The number of rotatable bonds is 3. The van der Waals surface area contributed by atoms with Gasteiger partial charge in [-0.05, 0) is 23.8 Å². The van der Waals surface area contributed by atoms with Crippen molar-refractivity contribution < 1.29 is 22.4 Å². The van der Waals surface area contributed by atoms with Gasteiger partial charge in [-0.2, -0.15) is 0 Å². The molecule has 0 fully saturated rings. The molecule has 0 aliphatic rings. The predicted octanol–water partition coefficient (Wildman–Crippen LogP) is 4.32. The average molecular weight is 303 g/mol. The molecule has 0 saturated heterocycles. The number of ketones is 1. The van der Waals surface area contributed by atoms with Crippen molar-refractivity contribution in [3.8, 4) is 0 Å². The summed E-state index contributed by atoms with van der Waals surface area (Å²) in [5, 5.41) is -0.160. The molecule has 0 bridgehead atoms. The van der Waals surface area contributed by atoms with Gasteiger partial charge >= 0.3 is 0 Å². The van der Waals surface area contributed by atoms with E-state index in [4.69, 9.17) is 11.6 Å². The van der Waals surface area contributed by atoms with E-state index in [1.807, 2.05) is 0 Å². The molecule has 0 spiro atoms. The van der Waals surface area contributed by atoms with Crippen molar-refractivity contribution in [1.82, 2.24) is 0 Å². The molecule has 2 rings (SSSR count). The minimum Gasteiger partial charge on any atom is -0.294 e. The third kappa shape index (κ3) is 2.82. The summed E-state index contributed by atoms with van der Waals surface area (Å²) in [6.07, 6.45) is -0.434. The van der Waals surface area contributed by atoms with E-state index in [1.54, 1.807) is 0 Å². The summed E-state index contributed by atoms with van der Waals surface area (Å²) in [6, 6.07) is 5.23. The monoisotopic (exact) mass is 302 g/mol. The number of halogens is 5. The molecule has 0 unspecified atom stereocenters. The SMILES string of the molecule is O=C(Cc1cccc(Cl)c1F)c1cc(F)c(F)c(F)c1. The first kappa shape index (κ1) is 14.5. The van der Waals surface area contributed by atoms with Crippen molar-refractivity contribution in [2.75, 3.05) is 0 Å². The summed E-state index contributed by atoms with van der Waals surface area (Å²) < 4.78 is 52.4. The van der Waals surface area contributed by atoms with Crippen LogP contribution >= 0.6 is 11.6 Å². The van der Waals surface area contributed by atoms with Crippen LogP contribution in [0.2, 0.25) is 5.02 Å². The zero-order chi connectivity index (χ0) is 14.9. The Balaban J connectivity index is 2.31. The number of Topliss-reactive ketones (excluding diaryl/α,β-unsaturated/α-hetero) is 1. The molecule has 0 aromatic heterocycles. The highest BCUT2D eigenvalue weighted by atomic mass is 35.5. The molecule has 1 nitrogen and oxygen atoms in total. The van der Waals surface area contributed by atoms with Crippen LogP contribution < -0.4 is 0 Å².